The van der Waals surface area contributed by atoms with E-state index in [4.69, 9.17) is 4.74 Å². The number of fused-ring (bicyclic) bond motifs is 1. The van der Waals surface area contributed by atoms with Crippen LogP contribution >= 0.6 is 0 Å². The van der Waals surface area contributed by atoms with Gasteiger partial charge in [0.1, 0.15) is 18.1 Å². The van der Waals surface area contributed by atoms with Gasteiger partial charge in [-0.25, -0.2) is 4.98 Å². The number of para-hydroxylation sites is 2. The molecule has 0 saturated heterocycles. The summed E-state index contributed by atoms with van der Waals surface area (Å²) in [6.07, 6.45) is 0. The average Bonchev–Trinajstić information content (AvgIpc) is 3.16. The molecular formula is C25H24N4O3. The second-order valence-corrected chi connectivity index (χ2v) is 7.16. The maximum atomic E-state index is 12.8. The van der Waals surface area contributed by atoms with E-state index in [-0.39, 0.29) is 24.9 Å². The Bertz CT molecular complexity index is 1220. The van der Waals surface area contributed by atoms with Crippen molar-refractivity contribution < 1.29 is 14.3 Å². The average molecular weight is 428 g/mol. The van der Waals surface area contributed by atoms with Crippen molar-refractivity contribution in [1.82, 2.24) is 14.9 Å². The van der Waals surface area contributed by atoms with E-state index in [0.717, 1.165) is 16.8 Å². The highest BCUT2D eigenvalue weighted by molar-refractivity contribution is 5.94. The van der Waals surface area contributed by atoms with E-state index in [2.05, 4.69) is 15.6 Å². The number of nitrogens with zero attached hydrogens (tertiary/aromatic N) is 2. The summed E-state index contributed by atoms with van der Waals surface area (Å²) in [5.74, 6) is 0.982. The van der Waals surface area contributed by atoms with Crippen LogP contribution in [0, 0.1) is 0 Å². The van der Waals surface area contributed by atoms with Crippen LogP contribution < -0.4 is 15.4 Å². The van der Waals surface area contributed by atoms with Gasteiger partial charge in [-0.15, -0.1) is 0 Å². The van der Waals surface area contributed by atoms with Crippen molar-refractivity contribution >= 4 is 28.5 Å². The summed E-state index contributed by atoms with van der Waals surface area (Å²) in [4.78, 5) is 29.8. The molecule has 2 N–H and O–H groups in total. The van der Waals surface area contributed by atoms with Crippen LogP contribution in [0.3, 0.4) is 0 Å². The Morgan fingerprint density at radius 2 is 1.66 bits per heavy atom. The molecule has 1 aromatic heterocycles. The molecule has 0 aliphatic heterocycles. The van der Waals surface area contributed by atoms with Crippen LogP contribution in [-0.4, -0.2) is 28.0 Å². The number of amides is 2. The van der Waals surface area contributed by atoms with Crippen molar-refractivity contribution in [3.63, 3.8) is 0 Å². The van der Waals surface area contributed by atoms with Gasteiger partial charge in [-0.2, -0.15) is 0 Å². The Hall–Kier alpha value is -4.13. The van der Waals surface area contributed by atoms with Crippen LogP contribution in [-0.2, 0) is 17.9 Å². The molecule has 2 amide bonds. The molecule has 0 fully saturated rings. The van der Waals surface area contributed by atoms with Gasteiger partial charge in [0.05, 0.1) is 24.2 Å². The summed E-state index contributed by atoms with van der Waals surface area (Å²) < 4.78 is 7.26. The van der Waals surface area contributed by atoms with Crippen LogP contribution in [0.4, 0.5) is 5.69 Å². The van der Waals surface area contributed by atoms with E-state index in [1.165, 1.54) is 0 Å². The van der Waals surface area contributed by atoms with Crippen molar-refractivity contribution in [2.75, 3.05) is 11.9 Å². The Kier molecular flexibility index (Phi) is 6.46. The molecule has 7 nitrogen and oxygen atoms in total. The van der Waals surface area contributed by atoms with Crippen molar-refractivity contribution in [3.05, 3.63) is 90.3 Å². The fourth-order valence-corrected chi connectivity index (χ4v) is 3.43. The smallest absolute Gasteiger partial charge is 0.251 e. The number of imidazole rings is 1. The van der Waals surface area contributed by atoms with Gasteiger partial charge in [-0.1, -0.05) is 30.3 Å². The topological polar surface area (TPSA) is 85.2 Å². The first-order valence-corrected chi connectivity index (χ1v) is 10.4. The quantitative estimate of drug-likeness (QED) is 0.444. The second kappa shape index (κ2) is 9.78. The largest absolute Gasteiger partial charge is 0.494 e. The fourth-order valence-electron chi connectivity index (χ4n) is 3.43. The molecule has 0 unspecified atom stereocenters. The molecule has 3 aromatic carbocycles. The van der Waals surface area contributed by atoms with Gasteiger partial charge in [-0.3, -0.25) is 9.59 Å². The van der Waals surface area contributed by atoms with Crippen molar-refractivity contribution in [1.29, 1.82) is 0 Å². The van der Waals surface area contributed by atoms with E-state index in [9.17, 15) is 9.59 Å². The molecule has 0 radical (unpaired) electrons. The number of nitrogens with one attached hydrogen (secondary N) is 2. The number of benzene rings is 3. The summed E-state index contributed by atoms with van der Waals surface area (Å²) in [5, 5.41) is 5.79. The maximum Gasteiger partial charge on any atom is 0.251 e. The lowest BCUT2D eigenvalue weighted by molar-refractivity contribution is -0.116. The fraction of sp³-hybridized carbons (Fsp3) is 0.160. The number of ether oxygens (including phenoxy) is 1. The minimum atomic E-state index is -0.192. The van der Waals surface area contributed by atoms with Gasteiger partial charge in [-0.05, 0) is 55.5 Å². The van der Waals surface area contributed by atoms with Crippen LogP contribution in [0.1, 0.15) is 23.1 Å². The van der Waals surface area contributed by atoms with Gasteiger partial charge < -0.3 is 19.9 Å². The van der Waals surface area contributed by atoms with E-state index in [1.807, 2.05) is 66.1 Å². The molecule has 162 valence electrons. The zero-order valence-electron chi connectivity index (χ0n) is 17.7. The van der Waals surface area contributed by atoms with Crippen LogP contribution in [0.2, 0.25) is 0 Å². The van der Waals surface area contributed by atoms with E-state index < -0.39 is 0 Å². The van der Waals surface area contributed by atoms with Gasteiger partial charge in [0.25, 0.3) is 5.91 Å². The molecule has 32 heavy (non-hydrogen) atoms. The molecule has 4 rings (SSSR count). The third kappa shape index (κ3) is 4.95. The third-order valence-electron chi connectivity index (χ3n) is 4.93. The van der Waals surface area contributed by atoms with Crippen LogP contribution in [0.5, 0.6) is 5.75 Å². The van der Waals surface area contributed by atoms with E-state index in [0.29, 0.717) is 23.7 Å². The normalized spacial score (nSPS) is 10.7. The highest BCUT2D eigenvalue weighted by Crippen LogP contribution is 2.18. The van der Waals surface area contributed by atoms with Crippen LogP contribution in [0.25, 0.3) is 11.0 Å². The highest BCUT2D eigenvalue weighted by atomic mass is 16.5. The summed E-state index contributed by atoms with van der Waals surface area (Å²) in [6, 6.07) is 23.8. The summed E-state index contributed by atoms with van der Waals surface area (Å²) in [6.45, 7) is 2.79. The molecular weight excluding hydrogens is 404 g/mol. The predicted octanol–water partition coefficient (Wildman–Crippen LogP) is 4.00. The first kappa shape index (κ1) is 21.1. The summed E-state index contributed by atoms with van der Waals surface area (Å²) in [5.41, 5.74) is 2.86. The van der Waals surface area contributed by atoms with Gasteiger partial charge in [0.2, 0.25) is 5.91 Å². The Morgan fingerprint density at radius 1 is 0.938 bits per heavy atom. The summed E-state index contributed by atoms with van der Waals surface area (Å²) >= 11 is 0. The summed E-state index contributed by atoms with van der Waals surface area (Å²) in [7, 11) is 0. The van der Waals surface area contributed by atoms with Gasteiger partial charge in [0, 0.05) is 11.3 Å². The minimum Gasteiger partial charge on any atom is -0.494 e. The maximum absolute atomic E-state index is 12.8. The number of anilines is 1. The molecule has 4 aromatic rings. The molecule has 0 aliphatic carbocycles. The second-order valence-electron chi connectivity index (χ2n) is 7.16. The molecule has 0 bridgehead atoms. The van der Waals surface area contributed by atoms with Crippen LogP contribution in [0.15, 0.2) is 78.9 Å². The van der Waals surface area contributed by atoms with Gasteiger partial charge >= 0.3 is 0 Å². The van der Waals surface area contributed by atoms with Crippen molar-refractivity contribution in [3.8, 4) is 5.75 Å². The zero-order valence-corrected chi connectivity index (χ0v) is 17.7. The number of rotatable bonds is 8. The third-order valence-corrected chi connectivity index (χ3v) is 4.93. The molecule has 0 saturated carbocycles. The lowest BCUT2D eigenvalue weighted by Gasteiger charge is -2.11. The molecule has 7 heteroatoms. The zero-order chi connectivity index (χ0) is 22.3. The molecule has 0 aliphatic rings. The number of carbonyl (C=O) groups is 2. The standard InChI is InChI=1S/C25H24N4O3/c1-2-32-20-14-12-19(13-15-20)27-24(30)17-29-22-11-7-6-10-21(22)28-23(29)16-26-25(31)18-8-4-3-5-9-18/h3-15H,2,16-17H2,1H3,(H,26,31)(H,27,30). The lowest BCUT2D eigenvalue weighted by Crippen LogP contribution is -2.26. The SMILES string of the molecule is CCOc1ccc(NC(=O)Cn2c(CNC(=O)c3ccccc3)nc3ccccc32)cc1. The monoisotopic (exact) mass is 428 g/mol. The first-order chi connectivity index (χ1) is 15.6. The number of hydrogen-bond donors (Lipinski definition) is 2. The predicted molar refractivity (Wildman–Crippen MR) is 124 cm³/mol. The Labute approximate surface area is 186 Å². The minimum absolute atomic E-state index is 0.0737. The first-order valence-electron chi connectivity index (χ1n) is 10.4. The van der Waals surface area contributed by atoms with E-state index >= 15 is 0 Å². The van der Waals surface area contributed by atoms with Crippen molar-refractivity contribution in [2.45, 2.75) is 20.0 Å². The Balaban J connectivity index is 1.49. The number of hydrogen-bond acceptors (Lipinski definition) is 4. The number of aromatic nitrogens is 2. The van der Waals surface area contributed by atoms with E-state index in [1.54, 1.807) is 24.3 Å². The highest BCUT2D eigenvalue weighted by Gasteiger charge is 2.15. The lowest BCUT2D eigenvalue weighted by atomic mass is 10.2. The van der Waals surface area contributed by atoms with Crippen molar-refractivity contribution in [2.24, 2.45) is 0 Å². The Morgan fingerprint density at radius 3 is 2.41 bits per heavy atom. The van der Waals surface area contributed by atoms with Gasteiger partial charge in [0.15, 0.2) is 0 Å². The molecule has 0 spiro atoms. The number of carbonyl (C=O) groups excluding carboxylic acids is 2. The molecule has 0 atom stereocenters. The molecule has 1 heterocycles.